The van der Waals surface area contributed by atoms with Gasteiger partial charge in [-0.15, -0.1) is 0 Å². The largest absolute Gasteiger partial charge is 0.469 e. The molecule has 1 aliphatic rings. The van der Waals surface area contributed by atoms with Crippen LogP contribution in [0.25, 0.3) is 0 Å². The molecule has 94 valence electrons. The van der Waals surface area contributed by atoms with Gasteiger partial charge in [-0.3, -0.25) is 4.79 Å². The van der Waals surface area contributed by atoms with Gasteiger partial charge in [-0.2, -0.15) is 0 Å². The van der Waals surface area contributed by atoms with Crippen molar-refractivity contribution >= 4 is 5.91 Å². The Kier molecular flexibility index (Phi) is 4.20. The number of hydrogen-bond acceptors (Lipinski definition) is 3. The first-order chi connectivity index (χ1) is 8.29. The van der Waals surface area contributed by atoms with E-state index in [1.807, 2.05) is 12.1 Å². The molecule has 0 bridgehead atoms. The number of carbonyl (C=O) groups is 1. The molecule has 1 aromatic rings. The third kappa shape index (κ3) is 3.33. The quantitative estimate of drug-likeness (QED) is 0.815. The Morgan fingerprint density at radius 3 is 3.12 bits per heavy atom. The lowest BCUT2D eigenvalue weighted by Crippen LogP contribution is -2.38. The van der Waals surface area contributed by atoms with Crippen molar-refractivity contribution in [3.05, 3.63) is 24.2 Å². The Labute approximate surface area is 101 Å². The van der Waals surface area contributed by atoms with Crippen LogP contribution in [-0.2, 0) is 11.2 Å². The molecule has 0 saturated heterocycles. The molecule has 1 heterocycles. The highest BCUT2D eigenvalue weighted by Crippen LogP contribution is 2.25. The molecular formula is C13H19NO3. The van der Waals surface area contributed by atoms with Crippen LogP contribution in [0, 0.1) is 5.92 Å². The molecule has 0 aliphatic heterocycles. The minimum Gasteiger partial charge on any atom is -0.469 e. The van der Waals surface area contributed by atoms with E-state index in [1.165, 1.54) is 0 Å². The summed E-state index contributed by atoms with van der Waals surface area (Å²) in [6, 6.07) is 3.86. The molecule has 4 nitrogen and oxygen atoms in total. The minimum atomic E-state index is 0.0479. The number of amides is 1. The lowest BCUT2D eigenvalue weighted by molar-refractivity contribution is -0.122. The van der Waals surface area contributed by atoms with Crippen molar-refractivity contribution in [2.45, 2.75) is 38.1 Å². The van der Waals surface area contributed by atoms with E-state index in [0.29, 0.717) is 12.8 Å². The number of hydrogen-bond donors (Lipinski definition) is 2. The van der Waals surface area contributed by atoms with E-state index in [-0.39, 0.29) is 24.5 Å². The van der Waals surface area contributed by atoms with Crippen molar-refractivity contribution in [1.82, 2.24) is 5.32 Å². The third-order valence-electron chi connectivity index (χ3n) is 3.42. The van der Waals surface area contributed by atoms with E-state index >= 15 is 0 Å². The van der Waals surface area contributed by atoms with Gasteiger partial charge in [0, 0.05) is 31.4 Å². The van der Waals surface area contributed by atoms with Crippen molar-refractivity contribution in [1.29, 1.82) is 0 Å². The lowest BCUT2D eigenvalue weighted by Gasteiger charge is -2.18. The number of aryl methyl sites for hydroxylation is 1. The molecule has 1 fully saturated rings. The van der Waals surface area contributed by atoms with Crippen LogP contribution in [-0.4, -0.2) is 23.7 Å². The highest BCUT2D eigenvalue weighted by molar-refractivity contribution is 5.76. The molecule has 2 rings (SSSR count). The molecule has 1 aliphatic carbocycles. The number of aliphatic hydroxyl groups excluding tert-OH is 1. The molecule has 2 N–H and O–H groups in total. The fourth-order valence-electron chi connectivity index (χ4n) is 2.42. The summed E-state index contributed by atoms with van der Waals surface area (Å²) < 4.78 is 5.18. The zero-order valence-corrected chi connectivity index (χ0v) is 9.89. The first kappa shape index (κ1) is 12.2. The predicted octanol–water partition coefficient (Wildman–Crippen LogP) is 1.49. The van der Waals surface area contributed by atoms with Gasteiger partial charge in [-0.25, -0.2) is 0 Å². The van der Waals surface area contributed by atoms with E-state index in [9.17, 15) is 4.79 Å². The van der Waals surface area contributed by atoms with Gasteiger partial charge >= 0.3 is 0 Å². The summed E-state index contributed by atoms with van der Waals surface area (Å²) in [6.07, 6.45) is 5.79. The van der Waals surface area contributed by atoms with Crippen molar-refractivity contribution in [3.8, 4) is 0 Å². The number of nitrogens with one attached hydrogen (secondary N) is 1. The molecule has 17 heavy (non-hydrogen) atoms. The van der Waals surface area contributed by atoms with Gasteiger partial charge in [0.15, 0.2) is 0 Å². The summed E-state index contributed by atoms with van der Waals surface area (Å²) in [5.74, 6) is 1.12. The molecular weight excluding hydrogens is 218 g/mol. The lowest BCUT2D eigenvalue weighted by atomic mass is 10.0. The van der Waals surface area contributed by atoms with Crippen LogP contribution in [0.4, 0.5) is 0 Å². The molecule has 1 saturated carbocycles. The van der Waals surface area contributed by atoms with Crippen LogP contribution in [0.2, 0.25) is 0 Å². The SMILES string of the molecule is O=C(CCc1ccco1)NC1CCCC1CO. The van der Waals surface area contributed by atoms with Crippen molar-refractivity contribution in [3.63, 3.8) is 0 Å². The monoisotopic (exact) mass is 237 g/mol. The molecule has 1 amide bonds. The minimum absolute atomic E-state index is 0.0479. The van der Waals surface area contributed by atoms with E-state index in [4.69, 9.17) is 9.52 Å². The smallest absolute Gasteiger partial charge is 0.220 e. The maximum absolute atomic E-state index is 11.7. The number of furan rings is 1. The molecule has 0 aromatic carbocycles. The highest BCUT2D eigenvalue weighted by atomic mass is 16.3. The Morgan fingerprint density at radius 2 is 2.41 bits per heavy atom. The zero-order chi connectivity index (χ0) is 12.1. The van der Waals surface area contributed by atoms with Gasteiger partial charge < -0.3 is 14.8 Å². The van der Waals surface area contributed by atoms with Crippen LogP contribution in [0.1, 0.15) is 31.4 Å². The van der Waals surface area contributed by atoms with E-state index < -0.39 is 0 Å². The number of aliphatic hydroxyl groups is 1. The zero-order valence-electron chi connectivity index (χ0n) is 9.89. The Hall–Kier alpha value is -1.29. The van der Waals surface area contributed by atoms with E-state index in [0.717, 1.165) is 25.0 Å². The first-order valence-electron chi connectivity index (χ1n) is 6.22. The molecule has 2 atom stereocenters. The van der Waals surface area contributed by atoms with Gasteiger partial charge in [0.25, 0.3) is 0 Å². The van der Waals surface area contributed by atoms with Crippen molar-refractivity contribution in [2.24, 2.45) is 5.92 Å². The van der Waals surface area contributed by atoms with Crippen LogP contribution >= 0.6 is 0 Å². The van der Waals surface area contributed by atoms with E-state index in [1.54, 1.807) is 6.26 Å². The fourth-order valence-corrected chi connectivity index (χ4v) is 2.42. The van der Waals surface area contributed by atoms with Gasteiger partial charge in [0.2, 0.25) is 5.91 Å². The topological polar surface area (TPSA) is 62.5 Å². The summed E-state index contributed by atoms with van der Waals surface area (Å²) >= 11 is 0. The molecule has 1 aromatic heterocycles. The van der Waals surface area contributed by atoms with Gasteiger partial charge in [-0.05, 0) is 25.0 Å². The average molecular weight is 237 g/mol. The molecule has 4 heteroatoms. The highest BCUT2D eigenvalue weighted by Gasteiger charge is 2.27. The molecule has 0 spiro atoms. The van der Waals surface area contributed by atoms with Gasteiger partial charge in [0.05, 0.1) is 6.26 Å². The average Bonchev–Trinajstić information content (AvgIpc) is 2.97. The number of rotatable bonds is 5. The maximum Gasteiger partial charge on any atom is 0.220 e. The summed E-state index contributed by atoms with van der Waals surface area (Å²) in [7, 11) is 0. The summed E-state index contributed by atoms with van der Waals surface area (Å²) in [6.45, 7) is 0.170. The van der Waals surface area contributed by atoms with Gasteiger partial charge in [-0.1, -0.05) is 6.42 Å². The van der Waals surface area contributed by atoms with Crippen LogP contribution in [0.5, 0.6) is 0 Å². The number of carbonyl (C=O) groups excluding carboxylic acids is 1. The van der Waals surface area contributed by atoms with Crippen LogP contribution in [0.3, 0.4) is 0 Å². The Bertz CT molecular complexity index is 348. The standard InChI is InChI=1S/C13H19NO3/c15-9-10-3-1-5-12(10)14-13(16)7-6-11-4-2-8-17-11/h2,4,8,10,12,15H,1,3,5-7,9H2,(H,14,16). The second-order valence-electron chi connectivity index (χ2n) is 4.63. The van der Waals surface area contributed by atoms with Crippen molar-refractivity contribution in [2.75, 3.05) is 6.61 Å². The van der Waals surface area contributed by atoms with E-state index in [2.05, 4.69) is 5.32 Å². The summed E-state index contributed by atoms with van der Waals surface area (Å²) in [4.78, 5) is 11.7. The summed E-state index contributed by atoms with van der Waals surface area (Å²) in [5.41, 5.74) is 0. The van der Waals surface area contributed by atoms with Crippen molar-refractivity contribution < 1.29 is 14.3 Å². The Morgan fingerprint density at radius 1 is 1.53 bits per heavy atom. The Balaban J connectivity index is 1.73. The summed E-state index contributed by atoms with van der Waals surface area (Å²) in [5, 5.41) is 12.2. The third-order valence-corrected chi connectivity index (χ3v) is 3.42. The molecule has 2 unspecified atom stereocenters. The second-order valence-corrected chi connectivity index (χ2v) is 4.63. The first-order valence-corrected chi connectivity index (χ1v) is 6.22. The normalized spacial score (nSPS) is 23.8. The second kappa shape index (κ2) is 5.87. The van der Waals surface area contributed by atoms with Gasteiger partial charge in [0.1, 0.15) is 5.76 Å². The predicted molar refractivity (Wildman–Crippen MR) is 63.4 cm³/mol. The van der Waals surface area contributed by atoms with Crippen LogP contribution in [0.15, 0.2) is 22.8 Å². The molecule has 0 radical (unpaired) electrons. The van der Waals surface area contributed by atoms with Crippen LogP contribution < -0.4 is 5.32 Å². The maximum atomic E-state index is 11.7. The fraction of sp³-hybridized carbons (Fsp3) is 0.615.